The number of hydrogen-bond donors (Lipinski definition) is 0. The highest BCUT2D eigenvalue weighted by Gasteiger charge is 2.45. The molecule has 182 valence electrons. The number of rotatable bonds is 8. The van der Waals surface area contributed by atoms with Crippen LogP contribution in [-0.2, 0) is 34.6 Å². The summed E-state index contributed by atoms with van der Waals surface area (Å²) >= 11 is 0. The largest absolute Gasteiger partial charge is 0.448 e. The third kappa shape index (κ3) is 6.06. The van der Waals surface area contributed by atoms with E-state index in [1.54, 1.807) is 24.3 Å². The van der Waals surface area contributed by atoms with E-state index in [4.69, 9.17) is 8.37 Å². The van der Waals surface area contributed by atoms with Gasteiger partial charge in [-0.15, -0.1) is 0 Å². The molecule has 8 nitrogen and oxygen atoms in total. The Kier molecular flexibility index (Phi) is 7.14. The van der Waals surface area contributed by atoms with Gasteiger partial charge >= 0.3 is 20.8 Å². The van der Waals surface area contributed by atoms with Crippen LogP contribution in [0.1, 0.15) is 51.2 Å². The molecule has 0 spiro atoms. The van der Waals surface area contributed by atoms with Gasteiger partial charge in [0.2, 0.25) is 0 Å². The second-order valence-corrected chi connectivity index (χ2v) is 11.9. The van der Waals surface area contributed by atoms with E-state index >= 15 is 0 Å². The molecule has 0 amide bonds. The van der Waals surface area contributed by atoms with Crippen LogP contribution in [0.5, 0.6) is 11.5 Å². The van der Waals surface area contributed by atoms with Gasteiger partial charge in [-0.1, -0.05) is 45.0 Å². The molecule has 0 radical (unpaired) electrons. The summed E-state index contributed by atoms with van der Waals surface area (Å²) in [5.74, 6) is 0.753. The second-order valence-electron chi connectivity index (χ2n) is 9.30. The lowest BCUT2D eigenvalue weighted by Gasteiger charge is -2.48. The predicted molar refractivity (Wildman–Crippen MR) is 124 cm³/mol. The van der Waals surface area contributed by atoms with Gasteiger partial charge in [-0.2, -0.15) is 16.8 Å². The van der Waals surface area contributed by atoms with Crippen LogP contribution in [0.3, 0.4) is 0 Å². The van der Waals surface area contributed by atoms with Gasteiger partial charge in [-0.05, 0) is 66.0 Å². The Hall–Kier alpha value is -2.14. The van der Waals surface area contributed by atoms with Crippen molar-refractivity contribution >= 4 is 20.8 Å². The zero-order valence-electron chi connectivity index (χ0n) is 19.4. The summed E-state index contributed by atoms with van der Waals surface area (Å²) in [6.07, 6.45) is 2.82. The van der Waals surface area contributed by atoms with Crippen molar-refractivity contribution in [2.75, 3.05) is 14.2 Å². The molecule has 1 aliphatic rings. The highest BCUT2D eigenvalue weighted by molar-refractivity contribution is 7.82. The van der Waals surface area contributed by atoms with Gasteiger partial charge in [-0.3, -0.25) is 0 Å². The minimum Gasteiger partial charge on any atom is -0.362 e. The smallest absolute Gasteiger partial charge is 0.362 e. The van der Waals surface area contributed by atoms with Gasteiger partial charge in [-0.25, -0.2) is 8.37 Å². The lowest BCUT2D eigenvalue weighted by Crippen LogP contribution is -2.41. The van der Waals surface area contributed by atoms with Crippen LogP contribution in [0.25, 0.3) is 0 Å². The first kappa shape index (κ1) is 25.5. The lowest BCUT2D eigenvalue weighted by molar-refractivity contribution is 0.127. The maximum atomic E-state index is 11.6. The minimum atomic E-state index is -4.10. The maximum Gasteiger partial charge on any atom is 0.448 e. The van der Waals surface area contributed by atoms with E-state index in [2.05, 4.69) is 29.1 Å². The summed E-state index contributed by atoms with van der Waals surface area (Å²) in [7, 11) is -6.13. The predicted octanol–water partition coefficient (Wildman–Crippen LogP) is 4.36. The van der Waals surface area contributed by atoms with Crippen molar-refractivity contribution in [1.29, 1.82) is 0 Å². The molecule has 1 saturated carbocycles. The SMILES string of the molecule is COS(=O)(=O)Oc1ccc(C2(c3ccc(OS(=O)(=O)OC)cc3)CC(C)CC(C)(C)C2)cc1. The normalized spacial score (nSPS) is 20.2. The first-order valence-corrected chi connectivity index (χ1v) is 13.2. The molecule has 0 heterocycles. The van der Waals surface area contributed by atoms with Crippen LogP contribution in [-0.4, -0.2) is 31.1 Å². The molecule has 1 aliphatic carbocycles. The Morgan fingerprint density at radius 3 is 1.45 bits per heavy atom. The van der Waals surface area contributed by atoms with Crippen LogP contribution < -0.4 is 8.37 Å². The molecule has 33 heavy (non-hydrogen) atoms. The average molecular weight is 499 g/mol. The number of benzene rings is 2. The quantitative estimate of drug-likeness (QED) is 0.529. The summed E-state index contributed by atoms with van der Waals surface area (Å²) in [6.45, 7) is 6.70. The fraction of sp³-hybridized carbons (Fsp3) is 0.478. The summed E-state index contributed by atoms with van der Waals surface area (Å²) in [5, 5.41) is 0. The van der Waals surface area contributed by atoms with Crippen molar-refractivity contribution in [2.45, 2.75) is 45.4 Å². The van der Waals surface area contributed by atoms with E-state index in [9.17, 15) is 16.8 Å². The Bertz CT molecular complexity index is 1090. The van der Waals surface area contributed by atoms with E-state index in [0.717, 1.165) is 44.6 Å². The first-order valence-electron chi connectivity index (χ1n) is 10.5. The van der Waals surface area contributed by atoms with Crippen LogP contribution in [0.2, 0.25) is 0 Å². The van der Waals surface area contributed by atoms with Gasteiger partial charge in [0.05, 0.1) is 14.2 Å². The van der Waals surface area contributed by atoms with Crippen LogP contribution in [0.4, 0.5) is 0 Å². The Morgan fingerprint density at radius 2 is 1.12 bits per heavy atom. The third-order valence-electron chi connectivity index (χ3n) is 6.00. The molecule has 1 unspecified atom stereocenters. The molecule has 0 aliphatic heterocycles. The van der Waals surface area contributed by atoms with Gasteiger partial charge in [0.25, 0.3) is 0 Å². The second kappa shape index (κ2) is 9.25. The van der Waals surface area contributed by atoms with E-state index in [0.29, 0.717) is 5.92 Å². The summed E-state index contributed by atoms with van der Waals surface area (Å²) < 4.78 is 65.0. The van der Waals surface area contributed by atoms with E-state index in [1.807, 2.05) is 24.3 Å². The molecule has 0 saturated heterocycles. The zero-order chi connectivity index (χ0) is 24.5. The molecular weight excluding hydrogens is 468 g/mol. The van der Waals surface area contributed by atoms with Crippen molar-refractivity contribution in [3.05, 3.63) is 59.7 Å². The highest BCUT2D eigenvalue weighted by atomic mass is 32.3. The lowest BCUT2D eigenvalue weighted by atomic mass is 9.55. The Balaban J connectivity index is 2.03. The van der Waals surface area contributed by atoms with Crippen LogP contribution >= 0.6 is 0 Å². The molecule has 3 rings (SSSR count). The molecule has 1 atom stereocenters. The zero-order valence-corrected chi connectivity index (χ0v) is 21.0. The van der Waals surface area contributed by atoms with Crippen molar-refractivity contribution in [3.8, 4) is 11.5 Å². The molecule has 0 N–H and O–H groups in total. The van der Waals surface area contributed by atoms with E-state index < -0.39 is 20.8 Å². The molecule has 10 heteroatoms. The Labute approximate surface area is 196 Å². The summed E-state index contributed by atoms with van der Waals surface area (Å²) in [6, 6.07) is 13.9. The molecule has 0 bridgehead atoms. The average Bonchev–Trinajstić information content (AvgIpc) is 2.72. The number of hydrogen-bond acceptors (Lipinski definition) is 8. The first-order chi connectivity index (χ1) is 15.3. The minimum absolute atomic E-state index is 0.0563. The highest BCUT2D eigenvalue weighted by Crippen LogP contribution is 2.53. The van der Waals surface area contributed by atoms with Gasteiger partial charge < -0.3 is 8.37 Å². The summed E-state index contributed by atoms with van der Waals surface area (Å²) in [5.41, 5.74) is 1.73. The fourth-order valence-electron chi connectivity index (χ4n) is 5.14. The standard InChI is InChI=1S/C23H30O8S2/c1-17-14-22(2,3)16-23(15-17,18-6-10-20(11-7-18)30-32(24,25)28-4)19-8-12-21(13-9-19)31-33(26,27)29-5/h6-13,17H,14-16H2,1-5H3. The molecule has 2 aromatic rings. The van der Waals surface area contributed by atoms with Gasteiger partial charge in [0, 0.05) is 5.41 Å². The Morgan fingerprint density at radius 1 is 0.727 bits per heavy atom. The van der Waals surface area contributed by atoms with Crippen molar-refractivity contribution in [2.24, 2.45) is 11.3 Å². The molecule has 2 aromatic carbocycles. The third-order valence-corrected chi connectivity index (χ3v) is 7.61. The van der Waals surface area contributed by atoms with Gasteiger partial charge in [0.15, 0.2) is 0 Å². The molecular formula is C23H30O8S2. The van der Waals surface area contributed by atoms with Crippen molar-refractivity contribution in [1.82, 2.24) is 0 Å². The van der Waals surface area contributed by atoms with Crippen molar-refractivity contribution < 1.29 is 33.6 Å². The maximum absolute atomic E-state index is 11.6. The van der Waals surface area contributed by atoms with E-state index in [-0.39, 0.29) is 22.3 Å². The van der Waals surface area contributed by atoms with Crippen LogP contribution in [0.15, 0.2) is 48.5 Å². The van der Waals surface area contributed by atoms with Crippen LogP contribution in [0, 0.1) is 11.3 Å². The summed E-state index contributed by atoms with van der Waals surface area (Å²) in [4.78, 5) is 0. The van der Waals surface area contributed by atoms with E-state index in [1.165, 1.54) is 0 Å². The van der Waals surface area contributed by atoms with Gasteiger partial charge in [0.1, 0.15) is 11.5 Å². The molecule has 0 aromatic heterocycles. The monoisotopic (exact) mass is 498 g/mol. The fourth-order valence-corrected chi connectivity index (χ4v) is 5.97. The topological polar surface area (TPSA) is 105 Å². The molecule has 1 fully saturated rings. The van der Waals surface area contributed by atoms with Crippen molar-refractivity contribution in [3.63, 3.8) is 0 Å².